The first kappa shape index (κ1) is 26.0. The number of aliphatic imine (C=N–C) groups is 1. The molecule has 0 spiro atoms. The second-order valence-corrected chi connectivity index (χ2v) is 7.22. The summed E-state index contributed by atoms with van der Waals surface area (Å²) in [5.74, 6) is 2.46. The van der Waals surface area contributed by atoms with Crippen molar-refractivity contribution < 1.29 is 14.2 Å². The number of aryl methyl sites for hydroxylation is 1. The number of hydrogen-bond donors (Lipinski definition) is 2. The van der Waals surface area contributed by atoms with Gasteiger partial charge in [0.15, 0.2) is 5.96 Å². The molecule has 1 aromatic rings. The maximum atomic E-state index is 5.79. The molecule has 1 aliphatic heterocycles. The summed E-state index contributed by atoms with van der Waals surface area (Å²) in [5, 5.41) is 6.73. The zero-order valence-electron chi connectivity index (χ0n) is 18.0. The number of methoxy groups -OCH3 is 1. The molecule has 1 fully saturated rings. The van der Waals surface area contributed by atoms with Crippen LogP contribution in [0.25, 0.3) is 0 Å². The van der Waals surface area contributed by atoms with E-state index in [0.717, 1.165) is 89.8 Å². The number of rotatable bonds is 12. The van der Waals surface area contributed by atoms with Crippen molar-refractivity contribution in [3.8, 4) is 5.75 Å². The standard InChI is InChI=1S/C22H37N3O3.HI/c1-23-22(25-14-5-15-28-18-20-11-16-27-17-12-20)24-13-4-3-6-19-7-9-21(26-2)10-8-19;/h7-10,20H,3-6,11-18H2,1-2H3,(H2,23,24,25);1H. The minimum absolute atomic E-state index is 0. The Hall–Kier alpha value is -1.06. The van der Waals surface area contributed by atoms with Crippen molar-refractivity contribution in [3.05, 3.63) is 29.8 Å². The number of ether oxygens (including phenoxy) is 3. The van der Waals surface area contributed by atoms with Gasteiger partial charge in [-0.25, -0.2) is 0 Å². The lowest BCUT2D eigenvalue weighted by molar-refractivity contribution is 0.0203. The van der Waals surface area contributed by atoms with Crippen LogP contribution in [0.2, 0.25) is 0 Å². The second kappa shape index (κ2) is 16.7. The van der Waals surface area contributed by atoms with E-state index >= 15 is 0 Å². The second-order valence-electron chi connectivity index (χ2n) is 7.22. The lowest BCUT2D eigenvalue weighted by atomic mass is 10.0. The average Bonchev–Trinajstić information content (AvgIpc) is 2.75. The minimum atomic E-state index is 0. The van der Waals surface area contributed by atoms with E-state index in [4.69, 9.17) is 14.2 Å². The number of nitrogens with one attached hydrogen (secondary N) is 2. The van der Waals surface area contributed by atoms with Crippen LogP contribution >= 0.6 is 24.0 Å². The molecule has 29 heavy (non-hydrogen) atoms. The number of benzene rings is 1. The topological polar surface area (TPSA) is 64.1 Å². The van der Waals surface area contributed by atoms with Crippen LogP contribution < -0.4 is 15.4 Å². The Balaban J connectivity index is 0.00000420. The fourth-order valence-corrected chi connectivity index (χ4v) is 3.22. The zero-order valence-corrected chi connectivity index (χ0v) is 20.3. The maximum absolute atomic E-state index is 5.79. The van der Waals surface area contributed by atoms with E-state index in [0.29, 0.717) is 5.92 Å². The van der Waals surface area contributed by atoms with E-state index in [9.17, 15) is 0 Å². The van der Waals surface area contributed by atoms with Crippen molar-refractivity contribution in [3.63, 3.8) is 0 Å². The average molecular weight is 519 g/mol. The minimum Gasteiger partial charge on any atom is -0.497 e. The predicted octanol–water partition coefficient (Wildman–Crippen LogP) is 3.63. The van der Waals surface area contributed by atoms with Gasteiger partial charge < -0.3 is 24.8 Å². The number of guanidine groups is 1. The highest BCUT2D eigenvalue weighted by atomic mass is 127. The molecule has 1 heterocycles. The van der Waals surface area contributed by atoms with Crippen molar-refractivity contribution in [2.24, 2.45) is 10.9 Å². The van der Waals surface area contributed by atoms with Crippen LogP contribution in [-0.2, 0) is 15.9 Å². The van der Waals surface area contributed by atoms with Crippen molar-refractivity contribution in [2.75, 3.05) is 53.7 Å². The smallest absolute Gasteiger partial charge is 0.190 e. The van der Waals surface area contributed by atoms with Gasteiger partial charge in [-0.15, -0.1) is 24.0 Å². The Labute approximate surface area is 193 Å². The Kier molecular flexibility index (Phi) is 15.0. The number of unbranched alkanes of at least 4 members (excludes halogenated alkanes) is 1. The summed E-state index contributed by atoms with van der Waals surface area (Å²) in [6, 6.07) is 8.31. The first-order chi connectivity index (χ1) is 13.8. The fourth-order valence-electron chi connectivity index (χ4n) is 3.22. The van der Waals surface area contributed by atoms with E-state index in [-0.39, 0.29) is 24.0 Å². The first-order valence-electron chi connectivity index (χ1n) is 10.5. The highest BCUT2D eigenvalue weighted by Crippen LogP contribution is 2.14. The highest BCUT2D eigenvalue weighted by molar-refractivity contribution is 14.0. The lowest BCUT2D eigenvalue weighted by Crippen LogP contribution is -2.38. The lowest BCUT2D eigenvalue weighted by Gasteiger charge is -2.21. The Morgan fingerprint density at radius 1 is 1.07 bits per heavy atom. The quantitative estimate of drug-likeness (QED) is 0.191. The van der Waals surface area contributed by atoms with E-state index in [1.165, 1.54) is 5.56 Å². The third-order valence-electron chi connectivity index (χ3n) is 5.02. The number of halogens is 1. The molecule has 0 aliphatic carbocycles. The summed E-state index contributed by atoms with van der Waals surface area (Å²) < 4.78 is 16.4. The van der Waals surface area contributed by atoms with E-state index in [2.05, 4.69) is 27.8 Å². The Morgan fingerprint density at radius 2 is 1.76 bits per heavy atom. The van der Waals surface area contributed by atoms with Crippen LogP contribution in [0.1, 0.15) is 37.7 Å². The van der Waals surface area contributed by atoms with E-state index < -0.39 is 0 Å². The molecule has 2 N–H and O–H groups in total. The third-order valence-corrected chi connectivity index (χ3v) is 5.02. The summed E-state index contributed by atoms with van der Waals surface area (Å²) in [6.07, 6.45) is 6.60. The molecule has 1 saturated heterocycles. The molecular formula is C22H38IN3O3. The van der Waals surface area contributed by atoms with Crippen molar-refractivity contribution in [1.29, 1.82) is 0 Å². The molecule has 0 saturated carbocycles. The van der Waals surface area contributed by atoms with Gasteiger partial charge in [0.25, 0.3) is 0 Å². The number of hydrogen-bond acceptors (Lipinski definition) is 4. The van der Waals surface area contributed by atoms with Crippen molar-refractivity contribution in [1.82, 2.24) is 10.6 Å². The summed E-state index contributed by atoms with van der Waals surface area (Å²) in [4.78, 5) is 4.28. The molecule has 0 unspecified atom stereocenters. The monoisotopic (exact) mass is 519 g/mol. The predicted molar refractivity (Wildman–Crippen MR) is 130 cm³/mol. The van der Waals surface area contributed by atoms with Gasteiger partial charge in [0.2, 0.25) is 0 Å². The van der Waals surface area contributed by atoms with Gasteiger partial charge in [-0.1, -0.05) is 12.1 Å². The molecule has 0 amide bonds. The molecule has 6 nitrogen and oxygen atoms in total. The summed E-state index contributed by atoms with van der Waals surface area (Å²) >= 11 is 0. The van der Waals surface area contributed by atoms with E-state index in [1.807, 2.05) is 19.2 Å². The molecule has 0 bridgehead atoms. The van der Waals surface area contributed by atoms with Gasteiger partial charge in [0.1, 0.15) is 5.75 Å². The molecule has 0 aromatic heterocycles. The van der Waals surface area contributed by atoms with Gasteiger partial charge in [0.05, 0.1) is 7.11 Å². The Bertz CT molecular complexity index is 549. The van der Waals surface area contributed by atoms with Crippen molar-refractivity contribution in [2.45, 2.75) is 38.5 Å². The largest absolute Gasteiger partial charge is 0.497 e. The summed E-state index contributed by atoms with van der Waals surface area (Å²) in [7, 11) is 3.51. The number of nitrogens with zero attached hydrogens (tertiary/aromatic N) is 1. The maximum Gasteiger partial charge on any atom is 0.190 e. The van der Waals surface area contributed by atoms with Gasteiger partial charge in [0, 0.05) is 46.6 Å². The SMILES string of the molecule is CN=C(NCCCCc1ccc(OC)cc1)NCCCOCC1CCOCC1.I. The van der Waals surface area contributed by atoms with Crippen LogP contribution in [0.15, 0.2) is 29.3 Å². The van der Waals surface area contributed by atoms with Gasteiger partial charge in [-0.05, 0) is 62.1 Å². The summed E-state index contributed by atoms with van der Waals surface area (Å²) in [5.41, 5.74) is 1.35. The molecule has 166 valence electrons. The molecule has 7 heteroatoms. The highest BCUT2D eigenvalue weighted by Gasteiger charge is 2.13. The van der Waals surface area contributed by atoms with E-state index in [1.54, 1.807) is 7.11 Å². The van der Waals surface area contributed by atoms with Crippen molar-refractivity contribution >= 4 is 29.9 Å². The van der Waals surface area contributed by atoms with Gasteiger partial charge in [-0.3, -0.25) is 4.99 Å². The zero-order chi connectivity index (χ0) is 19.9. The molecule has 1 aromatic carbocycles. The normalized spacial score (nSPS) is 14.9. The molecule has 0 atom stereocenters. The fraction of sp³-hybridized carbons (Fsp3) is 0.682. The first-order valence-corrected chi connectivity index (χ1v) is 10.5. The molecule has 1 aliphatic rings. The van der Waals surface area contributed by atoms with Crippen LogP contribution in [0.4, 0.5) is 0 Å². The molecule has 0 radical (unpaired) electrons. The molecule has 2 rings (SSSR count). The van der Waals surface area contributed by atoms with Crippen LogP contribution in [-0.4, -0.2) is 59.6 Å². The van der Waals surface area contributed by atoms with Crippen LogP contribution in [0, 0.1) is 5.92 Å². The third kappa shape index (κ3) is 11.6. The Morgan fingerprint density at radius 3 is 2.41 bits per heavy atom. The van der Waals surface area contributed by atoms with Gasteiger partial charge in [-0.2, -0.15) is 0 Å². The van der Waals surface area contributed by atoms with Crippen LogP contribution in [0.3, 0.4) is 0 Å². The molecular weight excluding hydrogens is 481 g/mol. The summed E-state index contributed by atoms with van der Waals surface area (Å²) in [6.45, 7) is 5.23. The van der Waals surface area contributed by atoms with Gasteiger partial charge >= 0.3 is 0 Å². The van der Waals surface area contributed by atoms with Crippen LogP contribution in [0.5, 0.6) is 5.75 Å².